The van der Waals surface area contributed by atoms with E-state index in [2.05, 4.69) is 62.4 Å². The van der Waals surface area contributed by atoms with E-state index in [4.69, 9.17) is 0 Å². The zero-order valence-electron chi connectivity index (χ0n) is 24.0. The van der Waals surface area contributed by atoms with Crippen LogP contribution in [0.25, 0.3) is 0 Å². The van der Waals surface area contributed by atoms with E-state index in [0.717, 1.165) is 34.8 Å². The minimum Gasteiger partial charge on any atom is -0.247 e. The maximum atomic E-state index is 13.0. The molecule has 0 spiro atoms. The predicted molar refractivity (Wildman–Crippen MR) is 156 cm³/mol. The highest BCUT2D eigenvalue weighted by molar-refractivity contribution is 5.27. The van der Waals surface area contributed by atoms with Gasteiger partial charge in [-0.15, -0.1) is 0 Å². The van der Waals surface area contributed by atoms with Gasteiger partial charge in [-0.1, -0.05) is 81.6 Å². The predicted octanol–water partition coefficient (Wildman–Crippen LogP) is 10.9. The molecule has 2 aliphatic rings. The molecule has 0 heterocycles. The maximum absolute atomic E-state index is 13.0. The van der Waals surface area contributed by atoms with Crippen molar-refractivity contribution in [2.24, 2.45) is 11.8 Å². The summed E-state index contributed by atoms with van der Waals surface area (Å²) in [6, 6.07) is 17.3. The Kier molecular flexibility index (Phi) is 12.6. The summed E-state index contributed by atoms with van der Waals surface area (Å²) in [7, 11) is 0. The first kappa shape index (κ1) is 29.9. The molecule has 2 atom stereocenters. The van der Waals surface area contributed by atoms with Gasteiger partial charge in [0.25, 0.3) is 0 Å². The van der Waals surface area contributed by atoms with Crippen LogP contribution in [0.5, 0.6) is 0 Å². The second-order valence-corrected chi connectivity index (χ2v) is 12.1. The second kappa shape index (κ2) is 15.6. The van der Waals surface area contributed by atoms with Gasteiger partial charge < -0.3 is 0 Å². The Bertz CT molecular complexity index is 851. The van der Waals surface area contributed by atoms with E-state index in [1.54, 1.807) is 13.8 Å². The highest BCUT2D eigenvalue weighted by atomic mass is 19.1. The quantitative estimate of drug-likeness (QED) is 0.315. The van der Waals surface area contributed by atoms with Gasteiger partial charge in [0.05, 0.1) is 0 Å². The first-order valence-corrected chi connectivity index (χ1v) is 15.3. The Balaban J connectivity index is 0.000000206. The molecule has 0 nitrogen and oxygen atoms in total. The van der Waals surface area contributed by atoms with E-state index in [-0.39, 0.29) is 0 Å². The molecule has 2 saturated carbocycles. The van der Waals surface area contributed by atoms with Gasteiger partial charge in [0.2, 0.25) is 0 Å². The average Bonchev–Trinajstić information content (AvgIpc) is 2.90. The third kappa shape index (κ3) is 10.2. The van der Waals surface area contributed by atoms with Gasteiger partial charge in [0.15, 0.2) is 0 Å². The largest absolute Gasteiger partial charge is 0.247 e. The smallest absolute Gasteiger partial charge is 0.101 e. The zero-order valence-corrected chi connectivity index (χ0v) is 24.0. The van der Waals surface area contributed by atoms with Crippen molar-refractivity contribution in [1.82, 2.24) is 0 Å². The van der Waals surface area contributed by atoms with Gasteiger partial charge in [0.1, 0.15) is 12.3 Å². The fourth-order valence-corrected chi connectivity index (χ4v) is 6.60. The van der Waals surface area contributed by atoms with Gasteiger partial charge in [-0.25, -0.2) is 8.78 Å². The standard InChI is InChI=1S/C18H27F.C17H25F/c1-3-4-15-5-9-17(10-6-15)18-11-7-16(8-12-18)13-14(2)19;1-3-14-4-8-16(9-5-14)17-10-6-15(7-11-17)12-13(2)18/h7-8,11-12,14-15,17H,3-6,9-10,13H2,1-2H3;6-7,10-11,13-14,16H,3-5,8-9,12H2,1-2H3. The molecule has 0 N–H and O–H groups in total. The maximum Gasteiger partial charge on any atom is 0.101 e. The van der Waals surface area contributed by atoms with Crippen molar-refractivity contribution >= 4 is 0 Å². The minimum absolute atomic E-state index is 0.544. The lowest BCUT2D eigenvalue weighted by Crippen LogP contribution is -2.13. The van der Waals surface area contributed by atoms with Crippen LogP contribution in [-0.4, -0.2) is 12.3 Å². The summed E-state index contributed by atoms with van der Waals surface area (Å²) in [5.74, 6) is 3.40. The number of alkyl halides is 2. The molecule has 4 rings (SSSR count). The molecule has 2 aromatic carbocycles. The number of rotatable bonds is 9. The lowest BCUT2D eigenvalue weighted by atomic mass is 9.77. The van der Waals surface area contributed by atoms with Crippen LogP contribution in [0.1, 0.15) is 132 Å². The Morgan fingerprint density at radius 2 is 0.973 bits per heavy atom. The van der Waals surface area contributed by atoms with Crippen LogP contribution in [0.3, 0.4) is 0 Å². The highest BCUT2D eigenvalue weighted by Gasteiger charge is 2.22. The molecule has 0 amide bonds. The summed E-state index contributed by atoms with van der Waals surface area (Å²) < 4.78 is 25.9. The van der Waals surface area contributed by atoms with Gasteiger partial charge >= 0.3 is 0 Å². The Labute approximate surface area is 226 Å². The van der Waals surface area contributed by atoms with Crippen LogP contribution in [-0.2, 0) is 12.8 Å². The van der Waals surface area contributed by atoms with Crippen molar-refractivity contribution < 1.29 is 8.78 Å². The van der Waals surface area contributed by atoms with E-state index in [1.807, 2.05) is 0 Å². The van der Waals surface area contributed by atoms with Crippen LogP contribution in [0.15, 0.2) is 48.5 Å². The molecule has 0 aromatic heterocycles. The first-order chi connectivity index (χ1) is 17.9. The van der Waals surface area contributed by atoms with E-state index in [9.17, 15) is 8.78 Å². The molecule has 0 saturated heterocycles. The van der Waals surface area contributed by atoms with Gasteiger partial charge in [-0.3, -0.25) is 0 Å². The Hall–Kier alpha value is -1.70. The van der Waals surface area contributed by atoms with Crippen LogP contribution < -0.4 is 0 Å². The molecule has 2 unspecified atom stereocenters. The first-order valence-electron chi connectivity index (χ1n) is 15.3. The molecule has 2 aromatic rings. The molecule has 206 valence electrons. The molecular weight excluding hydrogens is 458 g/mol. The summed E-state index contributed by atoms with van der Waals surface area (Å²) in [5.41, 5.74) is 5.17. The monoisotopic (exact) mass is 510 g/mol. The number of hydrogen-bond acceptors (Lipinski definition) is 0. The van der Waals surface area contributed by atoms with Crippen LogP contribution >= 0.6 is 0 Å². The number of halogens is 2. The molecule has 0 bridgehead atoms. The third-order valence-corrected chi connectivity index (χ3v) is 8.90. The summed E-state index contributed by atoms with van der Waals surface area (Å²) in [6.45, 7) is 7.84. The molecule has 2 fully saturated rings. The molecule has 2 aliphatic carbocycles. The minimum atomic E-state index is -0.740. The third-order valence-electron chi connectivity index (χ3n) is 8.90. The molecule has 37 heavy (non-hydrogen) atoms. The number of hydrogen-bond donors (Lipinski definition) is 0. The highest BCUT2D eigenvalue weighted by Crippen LogP contribution is 2.38. The van der Waals surface area contributed by atoms with Gasteiger partial charge in [-0.2, -0.15) is 0 Å². The summed E-state index contributed by atoms with van der Waals surface area (Å²) in [6.07, 6.45) is 14.5. The van der Waals surface area contributed by atoms with Crippen molar-refractivity contribution in [1.29, 1.82) is 0 Å². The second-order valence-electron chi connectivity index (χ2n) is 12.1. The van der Waals surface area contributed by atoms with Crippen LogP contribution in [0, 0.1) is 11.8 Å². The summed E-state index contributed by atoms with van der Waals surface area (Å²) >= 11 is 0. The van der Waals surface area contributed by atoms with Gasteiger partial charge in [0, 0.05) is 12.8 Å². The van der Waals surface area contributed by atoms with E-state index < -0.39 is 12.3 Å². The molecular formula is C35H52F2. The SMILES string of the molecule is CCC1CCC(c2ccc(CC(C)F)cc2)CC1.CCCC1CCC(c2ccc(CC(C)F)cc2)CC1. The summed E-state index contributed by atoms with van der Waals surface area (Å²) in [5, 5.41) is 0. The van der Waals surface area contributed by atoms with E-state index in [0.29, 0.717) is 12.8 Å². The topological polar surface area (TPSA) is 0 Å². The van der Waals surface area contributed by atoms with Crippen molar-refractivity contribution in [2.75, 3.05) is 0 Å². The molecule has 0 aliphatic heterocycles. The average molecular weight is 511 g/mol. The van der Waals surface area contributed by atoms with Crippen LogP contribution in [0.2, 0.25) is 0 Å². The van der Waals surface area contributed by atoms with E-state index in [1.165, 1.54) is 81.8 Å². The van der Waals surface area contributed by atoms with Crippen molar-refractivity contribution in [2.45, 2.75) is 135 Å². The number of benzene rings is 2. The fourth-order valence-electron chi connectivity index (χ4n) is 6.60. The van der Waals surface area contributed by atoms with Crippen LogP contribution in [0.4, 0.5) is 8.78 Å². The van der Waals surface area contributed by atoms with Crippen molar-refractivity contribution in [3.8, 4) is 0 Å². The van der Waals surface area contributed by atoms with Crippen molar-refractivity contribution in [3.05, 3.63) is 70.8 Å². The van der Waals surface area contributed by atoms with E-state index >= 15 is 0 Å². The Morgan fingerprint density at radius 1 is 0.595 bits per heavy atom. The fraction of sp³-hybridized carbons (Fsp3) is 0.657. The van der Waals surface area contributed by atoms with Gasteiger partial charge in [-0.05, 0) is 111 Å². The lowest BCUT2D eigenvalue weighted by Gasteiger charge is -2.28. The molecule has 0 radical (unpaired) electrons. The Morgan fingerprint density at radius 3 is 1.30 bits per heavy atom. The normalized spacial score (nSPS) is 25.6. The lowest BCUT2D eigenvalue weighted by molar-refractivity contribution is 0.308. The van der Waals surface area contributed by atoms with Crippen molar-refractivity contribution in [3.63, 3.8) is 0 Å². The zero-order chi connectivity index (χ0) is 26.6. The molecule has 2 heteroatoms. The summed E-state index contributed by atoms with van der Waals surface area (Å²) in [4.78, 5) is 0.